The molecule has 0 spiro atoms. The number of rotatable bonds is 5. The van der Waals surface area contributed by atoms with Crippen molar-refractivity contribution >= 4 is 11.8 Å². The molecule has 1 aliphatic heterocycles. The topological polar surface area (TPSA) is 70.2 Å². The first-order valence-corrected chi connectivity index (χ1v) is 5.44. The monoisotopic (exact) mass is 213 g/mol. The van der Waals surface area contributed by atoms with Gasteiger partial charge in [-0.1, -0.05) is 0 Å². The van der Waals surface area contributed by atoms with Gasteiger partial charge in [-0.25, -0.2) is 0 Å². The molecule has 0 aromatic carbocycles. The molecule has 5 heteroatoms. The van der Waals surface area contributed by atoms with Crippen LogP contribution in [-0.2, 0) is 9.59 Å². The smallest absolute Gasteiger partial charge is 0.236 e. The number of amides is 2. The maximum absolute atomic E-state index is 11.4. The first-order valence-electron chi connectivity index (χ1n) is 5.44. The minimum Gasteiger partial charge on any atom is -0.355 e. The molecular weight excluding hydrogens is 194 g/mol. The van der Waals surface area contributed by atoms with Crippen molar-refractivity contribution < 1.29 is 9.59 Å². The molecule has 1 saturated heterocycles. The number of hydrogen-bond acceptors (Lipinski definition) is 3. The van der Waals surface area contributed by atoms with Crippen molar-refractivity contribution in [2.45, 2.75) is 38.8 Å². The van der Waals surface area contributed by atoms with Crippen molar-refractivity contribution in [3.8, 4) is 0 Å². The molecule has 1 rings (SSSR count). The average molecular weight is 213 g/mol. The molecule has 2 amide bonds. The van der Waals surface area contributed by atoms with Crippen molar-refractivity contribution in [1.82, 2.24) is 16.0 Å². The molecule has 0 bridgehead atoms. The van der Waals surface area contributed by atoms with Crippen LogP contribution < -0.4 is 16.0 Å². The van der Waals surface area contributed by atoms with Gasteiger partial charge in [-0.2, -0.15) is 0 Å². The van der Waals surface area contributed by atoms with E-state index >= 15 is 0 Å². The Morgan fingerprint density at radius 1 is 1.67 bits per heavy atom. The summed E-state index contributed by atoms with van der Waals surface area (Å²) in [7, 11) is 0. The van der Waals surface area contributed by atoms with Gasteiger partial charge in [0.2, 0.25) is 11.8 Å². The van der Waals surface area contributed by atoms with Crippen molar-refractivity contribution in [2.75, 3.05) is 13.1 Å². The second-order valence-electron chi connectivity index (χ2n) is 3.83. The van der Waals surface area contributed by atoms with Gasteiger partial charge in [-0.15, -0.1) is 0 Å². The fourth-order valence-corrected chi connectivity index (χ4v) is 1.57. The van der Waals surface area contributed by atoms with Gasteiger partial charge in [0.15, 0.2) is 0 Å². The van der Waals surface area contributed by atoms with Crippen LogP contribution in [0.1, 0.15) is 26.7 Å². The zero-order valence-electron chi connectivity index (χ0n) is 9.30. The Labute approximate surface area is 90.0 Å². The summed E-state index contributed by atoms with van der Waals surface area (Å²) in [4.78, 5) is 22.3. The van der Waals surface area contributed by atoms with E-state index in [1.54, 1.807) is 0 Å². The fourth-order valence-electron chi connectivity index (χ4n) is 1.57. The highest BCUT2D eigenvalue weighted by Gasteiger charge is 2.21. The molecule has 5 nitrogen and oxygen atoms in total. The third-order valence-electron chi connectivity index (χ3n) is 2.50. The molecule has 1 fully saturated rings. The van der Waals surface area contributed by atoms with Crippen molar-refractivity contribution in [3.05, 3.63) is 0 Å². The van der Waals surface area contributed by atoms with Crippen LogP contribution in [0.2, 0.25) is 0 Å². The Balaban J connectivity index is 2.19. The van der Waals surface area contributed by atoms with Crippen LogP contribution in [0.4, 0.5) is 0 Å². The SMILES string of the molecule is CCNC(=O)C(C)NCC1CCC(=O)N1. The molecule has 0 saturated carbocycles. The lowest BCUT2D eigenvalue weighted by molar-refractivity contribution is -0.122. The van der Waals surface area contributed by atoms with Crippen LogP contribution in [0.5, 0.6) is 0 Å². The molecule has 2 unspecified atom stereocenters. The zero-order chi connectivity index (χ0) is 11.3. The van der Waals surface area contributed by atoms with Crippen LogP contribution in [0.3, 0.4) is 0 Å². The molecule has 15 heavy (non-hydrogen) atoms. The predicted molar refractivity (Wildman–Crippen MR) is 57.3 cm³/mol. The Hall–Kier alpha value is -1.10. The maximum atomic E-state index is 11.4. The van der Waals surface area contributed by atoms with E-state index in [0.29, 0.717) is 19.5 Å². The Bertz CT molecular complexity index is 243. The van der Waals surface area contributed by atoms with E-state index in [2.05, 4.69) is 16.0 Å². The Morgan fingerprint density at radius 3 is 2.93 bits per heavy atom. The molecule has 0 aromatic heterocycles. The Morgan fingerprint density at radius 2 is 2.40 bits per heavy atom. The number of hydrogen-bond donors (Lipinski definition) is 3. The van der Waals surface area contributed by atoms with E-state index in [9.17, 15) is 9.59 Å². The first kappa shape index (κ1) is 12.0. The normalized spacial score (nSPS) is 22.3. The van der Waals surface area contributed by atoms with Crippen molar-refractivity contribution in [2.24, 2.45) is 0 Å². The molecule has 2 atom stereocenters. The maximum Gasteiger partial charge on any atom is 0.236 e. The van der Waals surface area contributed by atoms with Gasteiger partial charge in [0.25, 0.3) is 0 Å². The summed E-state index contributed by atoms with van der Waals surface area (Å²) in [5, 5.41) is 8.69. The summed E-state index contributed by atoms with van der Waals surface area (Å²) in [5.41, 5.74) is 0. The van der Waals surface area contributed by atoms with Crippen LogP contribution in [-0.4, -0.2) is 37.0 Å². The fraction of sp³-hybridized carbons (Fsp3) is 0.800. The van der Waals surface area contributed by atoms with Crippen molar-refractivity contribution in [3.63, 3.8) is 0 Å². The third-order valence-corrected chi connectivity index (χ3v) is 2.50. The number of carbonyl (C=O) groups is 2. The number of nitrogens with one attached hydrogen (secondary N) is 3. The van der Waals surface area contributed by atoms with Gasteiger partial charge in [-0.3, -0.25) is 9.59 Å². The zero-order valence-corrected chi connectivity index (χ0v) is 9.30. The highest BCUT2D eigenvalue weighted by atomic mass is 16.2. The van der Waals surface area contributed by atoms with Gasteiger partial charge in [0, 0.05) is 25.6 Å². The van der Waals surface area contributed by atoms with E-state index < -0.39 is 0 Å². The van der Waals surface area contributed by atoms with Gasteiger partial charge in [0.1, 0.15) is 0 Å². The lowest BCUT2D eigenvalue weighted by atomic mass is 10.2. The summed E-state index contributed by atoms with van der Waals surface area (Å²) in [6.07, 6.45) is 1.45. The molecule has 1 heterocycles. The van der Waals surface area contributed by atoms with E-state index in [-0.39, 0.29) is 23.9 Å². The molecule has 1 aliphatic rings. The average Bonchev–Trinajstić information content (AvgIpc) is 2.61. The Kier molecular flexibility index (Phi) is 4.55. The number of likely N-dealkylation sites (N-methyl/N-ethyl adjacent to an activating group) is 1. The second-order valence-corrected chi connectivity index (χ2v) is 3.83. The lowest BCUT2D eigenvalue weighted by Crippen LogP contribution is -2.46. The van der Waals surface area contributed by atoms with Crippen LogP contribution in [0.25, 0.3) is 0 Å². The van der Waals surface area contributed by atoms with E-state index in [1.165, 1.54) is 0 Å². The molecule has 0 aliphatic carbocycles. The van der Waals surface area contributed by atoms with Gasteiger partial charge >= 0.3 is 0 Å². The summed E-state index contributed by atoms with van der Waals surface area (Å²) in [5.74, 6) is 0.106. The van der Waals surface area contributed by atoms with E-state index in [1.807, 2.05) is 13.8 Å². The summed E-state index contributed by atoms with van der Waals surface area (Å²) in [6, 6.07) is -0.0307. The summed E-state index contributed by atoms with van der Waals surface area (Å²) < 4.78 is 0. The quantitative estimate of drug-likeness (QED) is 0.570. The minimum atomic E-state index is -0.206. The standard InChI is InChI=1S/C10H19N3O2/c1-3-11-10(15)7(2)12-6-8-4-5-9(14)13-8/h7-8,12H,3-6H2,1-2H3,(H,11,15)(H,13,14). The predicted octanol–water partition coefficient (Wildman–Crippen LogP) is -0.621. The minimum absolute atomic E-state index is 0.00169. The van der Waals surface area contributed by atoms with Crippen molar-refractivity contribution in [1.29, 1.82) is 0 Å². The highest BCUT2D eigenvalue weighted by molar-refractivity contribution is 5.81. The van der Waals surface area contributed by atoms with Crippen LogP contribution >= 0.6 is 0 Å². The molecular formula is C10H19N3O2. The third kappa shape index (κ3) is 3.87. The first-order chi connectivity index (χ1) is 7.13. The molecule has 86 valence electrons. The number of carbonyl (C=O) groups excluding carboxylic acids is 2. The van der Waals surface area contributed by atoms with Gasteiger partial charge in [-0.05, 0) is 20.3 Å². The van der Waals surface area contributed by atoms with Crippen LogP contribution in [0.15, 0.2) is 0 Å². The highest BCUT2D eigenvalue weighted by Crippen LogP contribution is 2.05. The van der Waals surface area contributed by atoms with Gasteiger partial charge < -0.3 is 16.0 Å². The second kappa shape index (κ2) is 5.70. The summed E-state index contributed by atoms with van der Waals surface area (Å²) in [6.45, 7) is 5.01. The molecule has 3 N–H and O–H groups in total. The lowest BCUT2D eigenvalue weighted by Gasteiger charge is -2.16. The van der Waals surface area contributed by atoms with E-state index in [0.717, 1.165) is 6.42 Å². The van der Waals surface area contributed by atoms with E-state index in [4.69, 9.17) is 0 Å². The largest absolute Gasteiger partial charge is 0.355 e. The molecule has 0 radical (unpaired) electrons. The van der Waals surface area contributed by atoms with Gasteiger partial charge in [0.05, 0.1) is 6.04 Å². The van der Waals surface area contributed by atoms with Crippen LogP contribution in [0, 0.1) is 0 Å². The molecule has 0 aromatic rings. The summed E-state index contributed by atoms with van der Waals surface area (Å²) >= 11 is 0.